The summed E-state index contributed by atoms with van der Waals surface area (Å²) in [5.41, 5.74) is 0. The highest BCUT2D eigenvalue weighted by Gasteiger charge is 2.21. The third-order valence-electron chi connectivity index (χ3n) is 5.02. The van der Waals surface area contributed by atoms with Gasteiger partial charge in [0.15, 0.2) is 0 Å². The highest BCUT2D eigenvalue weighted by atomic mass is 16.2. The van der Waals surface area contributed by atoms with Crippen molar-refractivity contribution in [3.05, 3.63) is 0 Å². The lowest BCUT2D eigenvalue weighted by atomic mass is 9.92. The van der Waals surface area contributed by atoms with Crippen molar-refractivity contribution < 1.29 is 4.79 Å². The second kappa shape index (κ2) is 7.99. The van der Waals surface area contributed by atoms with Crippen LogP contribution in [0.5, 0.6) is 0 Å². The quantitative estimate of drug-likeness (QED) is 0.831. The Labute approximate surface area is 123 Å². The molecule has 4 nitrogen and oxygen atoms in total. The molecule has 2 aliphatic heterocycles. The Bertz CT molecular complexity index is 294. The summed E-state index contributed by atoms with van der Waals surface area (Å²) < 4.78 is 0. The first-order valence-electron chi connectivity index (χ1n) is 8.28. The minimum Gasteiger partial charge on any atom is -0.345 e. The van der Waals surface area contributed by atoms with Crippen molar-refractivity contribution in [3.63, 3.8) is 0 Å². The fourth-order valence-electron chi connectivity index (χ4n) is 3.42. The second-order valence-corrected chi connectivity index (χ2v) is 6.75. The van der Waals surface area contributed by atoms with Gasteiger partial charge in [0.2, 0.25) is 5.91 Å². The average molecular weight is 281 g/mol. The van der Waals surface area contributed by atoms with E-state index in [0.29, 0.717) is 11.8 Å². The van der Waals surface area contributed by atoms with Gasteiger partial charge in [-0.3, -0.25) is 4.79 Å². The number of likely N-dealkylation sites (tertiary alicyclic amines) is 1. The van der Waals surface area contributed by atoms with Gasteiger partial charge in [-0.25, -0.2) is 0 Å². The molecular formula is C16H31N3O. The Balaban J connectivity index is 1.63. The van der Waals surface area contributed by atoms with Crippen LogP contribution in [0.2, 0.25) is 0 Å². The van der Waals surface area contributed by atoms with Gasteiger partial charge >= 0.3 is 0 Å². The van der Waals surface area contributed by atoms with E-state index in [1.807, 2.05) is 11.9 Å². The van der Waals surface area contributed by atoms with E-state index in [2.05, 4.69) is 17.3 Å². The predicted octanol–water partition coefficient (Wildman–Crippen LogP) is 1.57. The van der Waals surface area contributed by atoms with Gasteiger partial charge in [-0.15, -0.1) is 0 Å². The molecule has 2 fully saturated rings. The van der Waals surface area contributed by atoms with Crippen molar-refractivity contribution >= 4 is 5.91 Å². The molecule has 1 amide bonds. The summed E-state index contributed by atoms with van der Waals surface area (Å²) in [5, 5.41) is 3.38. The highest BCUT2D eigenvalue weighted by Crippen LogP contribution is 2.20. The van der Waals surface area contributed by atoms with Crippen LogP contribution in [0, 0.1) is 11.8 Å². The van der Waals surface area contributed by atoms with Crippen LogP contribution in [-0.4, -0.2) is 62.5 Å². The lowest BCUT2D eigenvalue weighted by Gasteiger charge is -2.32. The summed E-state index contributed by atoms with van der Waals surface area (Å²) in [5.74, 6) is 1.82. The van der Waals surface area contributed by atoms with E-state index in [0.717, 1.165) is 38.4 Å². The zero-order valence-electron chi connectivity index (χ0n) is 13.2. The first-order valence-corrected chi connectivity index (χ1v) is 8.28. The number of hydrogen-bond donors (Lipinski definition) is 1. The van der Waals surface area contributed by atoms with Crippen LogP contribution in [0.4, 0.5) is 0 Å². The van der Waals surface area contributed by atoms with E-state index >= 15 is 0 Å². The summed E-state index contributed by atoms with van der Waals surface area (Å²) in [7, 11) is 4.17. The number of hydrogen-bond acceptors (Lipinski definition) is 3. The van der Waals surface area contributed by atoms with E-state index in [4.69, 9.17) is 0 Å². The van der Waals surface area contributed by atoms with Crippen molar-refractivity contribution in [1.29, 1.82) is 0 Å². The van der Waals surface area contributed by atoms with Gasteiger partial charge in [-0.05, 0) is 77.2 Å². The first kappa shape index (κ1) is 15.8. The molecule has 0 unspecified atom stereocenters. The summed E-state index contributed by atoms with van der Waals surface area (Å²) >= 11 is 0. The van der Waals surface area contributed by atoms with Crippen LogP contribution in [0.15, 0.2) is 0 Å². The molecule has 2 rings (SSSR count). The molecule has 0 aromatic heterocycles. The molecule has 116 valence electrons. The van der Waals surface area contributed by atoms with Gasteiger partial charge in [-0.1, -0.05) is 0 Å². The van der Waals surface area contributed by atoms with Gasteiger partial charge in [0.1, 0.15) is 0 Å². The third-order valence-corrected chi connectivity index (χ3v) is 5.02. The normalized spacial score (nSPS) is 22.9. The average Bonchev–Trinajstić information content (AvgIpc) is 2.48. The minimum absolute atomic E-state index is 0.350. The maximum Gasteiger partial charge on any atom is 0.222 e. The Hall–Kier alpha value is -0.610. The predicted molar refractivity (Wildman–Crippen MR) is 82.7 cm³/mol. The summed E-state index contributed by atoms with van der Waals surface area (Å²) in [4.78, 5) is 16.6. The van der Waals surface area contributed by atoms with Crippen molar-refractivity contribution in [1.82, 2.24) is 15.1 Å². The maximum absolute atomic E-state index is 12.2. The molecule has 4 heteroatoms. The molecule has 2 saturated heterocycles. The van der Waals surface area contributed by atoms with Crippen LogP contribution >= 0.6 is 0 Å². The molecule has 0 spiro atoms. The summed E-state index contributed by atoms with van der Waals surface area (Å²) in [6, 6.07) is 0. The van der Waals surface area contributed by atoms with Crippen LogP contribution in [0.25, 0.3) is 0 Å². The number of piperidine rings is 2. The number of nitrogens with one attached hydrogen (secondary N) is 1. The molecule has 0 aliphatic carbocycles. The van der Waals surface area contributed by atoms with Gasteiger partial charge < -0.3 is 15.1 Å². The molecule has 0 radical (unpaired) electrons. The van der Waals surface area contributed by atoms with Crippen LogP contribution in [0.3, 0.4) is 0 Å². The molecule has 2 heterocycles. The van der Waals surface area contributed by atoms with Crippen LogP contribution in [-0.2, 0) is 4.79 Å². The molecule has 20 heavy (non-hydrogen) atoms. The number of rotatable bonds is 5. The largest absolute Gasteiger partial charge is 0.345 e. The van der Waals surface area contributed by atoms with Crippen molar-refractivity contribution in [2.24, 2.45) is 11.8 Å². The molecule has 0 aromatic rings. The van der Waals surface area contributed by atoms with Gasteiger partial charge in [0.05, 0.1) is 0 Å². The molecule has 0 aromatic carbocycles. The van der Waals surface area contributed by atoms with E-state index in [1.54, 1.807) is 0 Å². The lowest BCUT2D eigenvalue weighted by molar-refractivity contribution is -0.131. The maximum atomic E-state index is 12.2. The van der Waals surface area contributed by atoms with Gasteiger partial charge in [0, 0.05) is 20.0 Å². The van der Waals surface area contributed by atoms with E-state index in [9.17, 15) is 4.79 Å². The van der Waals surface area contributed by atoms with Gasteiger partial charge in [0.25, 0.3) is 0 Å². The van der Waals surface area contributed by atoms with Crippen LogP contribution in [0.1, 0.15) is 38.5 Å². The number of carbonyl (C=O) groups excluding carboxylic acids is 1. The molecular weight excluding hydrogens is 250 g/mol. The minimum atomic E-state index is 0.350. The third kappa shape index (κ3) is 5.06. The number of carbonyl (C=O) groups is 1. The standard InChI is InChI=1S/C16H31N3O/c1-18-11-7-15(8-12-18)13-19(2)16(20)4-3-14-5-9-17-10-6-14/h14-15,17H,3-13H2,1-2H3. The highest BCUT2D eigenvalue weighted by molar-refractivity contribution is 5.75. The molecule has 1 N–H and O–H groups in total. The molecule has 2 aliphatic rings. The van der Waals surface area contributed by atoms with Crippen LogP contribution < -0.4 is 5.32 Å². The van der Waals surface area contributed by atoms with E-state index in [1.165, 1.54) is 38.8 Å². The van der Waals surface area contributed by atoms with Crippen molar-refractivity contribution in [2.75, 3.05) is 46.8 Å². The fraction of sp³-hybridized carbons (Fsp3) is 0.938. The SMILES string of the molecule is CN1CCC(CN(C)C(=O)CCC2CCNCC2)CC1. The smallest absolute Gasteiger partial charge is 0.222 e. The van der Waals surface area contributed by atoms with E-state index in [-0.39, 0.29) is 0 Å². The number of amides is 1. The number of nitrogens with zero attached hydrogens (tertiary/aromatic N) is 2. The summed E-state index contributed by atoms with van der Waals surface area (Å²) in [6.07, 6.45) is 6.79. The Morgan fingerprint density at radius 1 is 1.15 bits per heavy atom. The van der Waals surface area contributed by atoms with Crippen molar-refractivity contribution in [3.8, 4) is 0 Å². The second-order valence-electron chi connectivity index (χ2n) is 6.75. The topological polar surface area (TPSA) is 35.6 Å². The molecule has 0 saturated carbocycles. The zero-order valence-corrected chi connectivity index (χ0v) is 13.2. The Morgan fingerprint density at radius 3 is 2.45 bits per heavy atom. The molecule has 0 atom stereocenters. The molecule has 0 bridgehead atoms. The summed E-state index contributed by atoms with van der Waals surface area (Å²) in [6.45, 7) is 5.58. The fourth-order valence-corrected chi connectivity index (χ4v) is 3.42. The lowest BCUT2D eigenvalue weighted by Crippen LogP contribution is -2.38. The first-order chi connectivity index (χ1) is 9.65. The van der Waals surface area contributed by atoms with E-state index < -0.39 is 0 Å². The zero-order chi connectivity index (χ0) is 14.4. The monoisotopic (exact) mass is 281 g/mol. The Kier molecular flexibility index (Phi) is 6.30. The van der Waals surface area contributed by atoms with Crippen molar-refractivity contribution in [2.45, 2.75) is 38.5 Å². The van der Waals surface area contributed by atoms with Gasteiger partial charge in [-0.2, -0.15) is 0 Å². The Morgan fingerprint density at radius 2 is 1.80 bits per heavy atom.